The minimum atomic E-state index is -0.132. The molecule has 0 radical (unpaired) electrons. The molecule has 98 valence electrons. The maximum atomic E-state index is 12.3. The van der Waals surface area contributed by atoms with Crippen molar-refractivity contribution in [2.24, 2.45) is 0 Å². The van der Waals surface area contributed by atoms with Crippen LogP contribution in [-0.4, -0.2) is 45.4 Å². The van der Waals surface area contributed by atoms with Crippen molar-refractivity contribution in [3.05, 3.63) is 18.1 Å². The Morgan fingerprint density at radius 3 is 2.78 bits per heavy atom. The molecule has 5 nitrogen and oxygen atoms in total. The van der Waals surface area contributed by atoms with Crippen LogP contribution in [0.5, 0.6) is 0 Å². The van der Waals surface area contributed by atoms with Gasteiger partial charge in [0, 0.05) is 30.7 Å². The summed E-state index contributed by atoms with van der Waals surface area (Å²) < 4.78 is 0. The molecule has 2 N–H and O–H groups in total. The second kappa shape index (κ2) is 5.56. The highest BCUT2D eigenvalue weighted by atomic mass is 32.2. The zero-order valence-electron chi connectivity index (χ0n) is 10.7. The summed E-state index contributed by atoms with van der Waals surface area (Å²) in [7, 11) is 1.82. The molecule has 1 aromatic heterocycles. The van der Waals surface area contributed by atoms with Crippen molar-refractivity contribution < 1.29 is 4.79 Å². The normalized spacial score (nSPS) is 23.0. The fraction of sp³-hybridized carbons (Fsp3) is 0.583. The highest BCUT2D eigenvalue weighted by Gasteiger charge is 2.30. The van der Waals surface area contributed by atoms with Crippen LogP contribution in [0, 0.1) is 0 Å². The first-order chi connectivity index (χ1) is 8.63. The Morgan fingerprint density at radius 1 is 1.44 bits per heavy atom. The van der Waals surface area contributed by atoms with Crippen molar-refractivity contribution in [3.63, 3.8) is 0 Å². The van der Waals surface area contributed by atoms with Crippen LogP contribution in [0.15, 0.2) is 12.4 Å². The summed E-state index contributed by atoms with van der Waals surface area (Å²) in [6, 6.07) is 0.288. The van der Waals surface area contributed by atoms with Crippen LogP contribution < -0.4 is 5.73 Å². The summed E-state index contributed by atoms with van der Waals surface area (Å²) >= 11 is 1.87. The van der Waals surface area contributed by atoms with Crippen LogP contribution in [0.2, 0.25) is 0 Å². The first-order valence-corrected chi connectivity index (χ1v) is 7.28. The number of rotatable bonds is 3. The molecule has 0 bridgehead atoms. The second-order valence-electron chi connectivity index (χ2n) is 4.53. The van der Waals surface area contributed by atoms with E-state index < -0.39 is 0 Å². The summed E-state index contributed by atoms with van der Waals surface area (Å²) in [6.07, 6.45) is 8.37. The van der Waals surface area contributed by atoms with E-state index in [1.807, 2.05) is 18.8 Å². The Labute approximate surface area is 111 Å². The summed E-state index contributed by atoms with van der Waals surface area (Å²) in [5, 5.41) is 0.657. The first kappa shape index (κ1) is 13.1. The standard InChI is InChI=1S/C12H18N4OS/c1-16(8-3-4-9(7-8)18-2)12(17)10-11(13)15-6-5-14-10/h5-6,8-9H,3-4,7H2,1-2H3,(H2,13,15)/t8-,9+/m1/s1. The number of amides is 1. The predicted molar refractivity (Wildman–Crippen MR) is 73.5 cm³/mol. The van der Waals surface area contributed by atoms with Crippen molar-refractivity contribution in [1.82, 2.24) is 14.9 Å². The lowest BCUT2D eigenvalue weighted by Gasteiger charge is -2.24. The maximum absolute atomic E-state index is 12.3. The minimum absolute atomic E-state index is 0.132. The van der Waals surface area contributed by atoms with Gasteiger partial charge in [-0.05, 0) is 25.5 Å². The third-order valence-corrected chi connectivity index (χ3v) is 4.58. The second-order valence-corrected chi connectivity index (χ2v) is 5.67. The number of hydrogen-bond donors (Lipinski definition) is 1. The summed E-state index contributed by atoms with van der Waals surface area (Å²) in [5.41, 5.74) is 5.94. The molecule has 0 spiro atoms. The van der Waals surface area contributed by atoms with Gasteiger partial charge in [0.2, 0.25) is 0 Å². The summed E-state index contributed by atoms with van der Waals surface area (Å²) in [6.45, 7) is 0. The Hall–Kier alpha value is -1.30. The molecule has 1 heterocycles. The molecule has 1 amide bonds. The highest BCUT2D eigenvalue weighted by Crippen LogP contribution is 2.31. The molecular formula is C12H18N4OS. The van der Waals surface area contributed by atoms with Gasteiger partial charge in [0.1, 0.15) is 0 Å². The van der Waals surface area contributed by atoms with Crippen LogP contribution in [0.1, 0.15) is 29.8 Å². The van der Waals surface area contributed by atoms with Crippen LogP contribution in [0.4, 0.5) is 5.82 Å². The molecular weight excluding hydrogens is 248 g/mol. The molecule has 18 heavy (non-hydrogen) atoms. The van der Waals surface area contributed by atoms with E-state index in [0.29, 0.717) is 5.25 Å². The smallest absolute Gasteiger partial charge is 0.276 e. The summed E-state index contributed by atoms with van der Waals surface area (Å²) in [5.74, 6) is 0.0705. The lowest BCUT2D eigenvalue weighted by molar-refractivity contribution is 0.0730. The quantitative estimate of drug-likeness (QED) is 0.895. The number of anilines is 1. The third kappa shape index (κ3) is 2.58. The SMILES string of the molecule is CS[C@H]1CC[C@@H](N(C)C(=O)c2nccnc2N)C1. The fourth-order valence-corrected chi connectivity index (χ4v) is 3.12. The topological polar surface area (TPSA) is 72.1 Å². The van der Waals surface area contributed by atoms with Crippen LogP contribution >= 0.6 is 11.8 Å². The Bertz CT molecular complexity index is 440. The van der Waals surface area contributed by atoms with Crippen LogP contribution in [-0.2, 0) is 0 Å². The molecule has 0 saturated heterocycles. The maximum Gasteiger partial charge on any atom is 0.276 e. The largest absolute Gasteiger partial charge is 0.382 e. The Kier molecular flexibility index (Phi) is 4.06. The number of thioether (sulfide) groups is 1. The Morgan fingerprint density at radius 2 is 2.17 bits per heavy atom. The van der Waals surface area contributed by atoms with E-state index in [-0.39, 0.29) is 23.5 Å². The molecule has 1 aliphatic carbocycles. The number of carbonyl (C=O) groups is 1. The minimum Gasteiger partial charge on any atom is -0.382 e. The molecule has 1 aliphatic rings. The molecule has 6 heteroatoms. The lowest BCUT2D eigenvalue weighted by Crippen LogP contribution is -2.36. The van der Waals surface area contributed by atoms with Gasteiger partial charge in [0.15, 0.2) is 11.5 Å². The van der Waals surface area contributed by atoms with Crippen molar-refractivity contribution in [3.8, 4) is 0 Å². The van der Waals surface area contributed by atoms with Crippen molar-refractivity contribution in [2.75, 3.05) is 19.0 Å². The van der Waals surface area contributed by atoms with Gasteiger partial charge >= 0.3 is 0 Å². The molecule has 1 saturated carbocycles. The third-order valence-electron chi connectivity index (χ3n) is 3.49. The number of aromatic nitrogens is 2. The molecule has 0 unspecified atom stereocenters. The van der Waals surface area contributed by atoms with E-state index in [4.69, 9.17) is 5.73 Å². The average molecular weight is 266 g/mol. The molecule has 0 aromatic carbocycles. The van der Waals surface area contributed by atoms with Gasteiger partial charge in [-0.2, -0.15) is 11.8 Å². The Balaban J connectivity index is 2.08. The number of nitrogen functional groups attached to an aromatic ring is 1. The fourth-order valence-electron chi connectivity index (χ4n) is 2.33. The molecule has 1 fully saturated rings. The van der Waals surface area contributed by atoms with E-state index >= 15 is 0 Å². The van der Waals surface area contributed by atoms with E-state index in [1.54, 1.807) is 4.90 Å². The monoisotopic (exact) mass is 266 g/mol. The number of nitrogens with two attached hydrogens (primary N) is 1. The lowest BCUT2D eigenvalue weighted by atomic mass is 10.2. The number of carbonyl (C=O) groups excluding carboxylic acids is 1. The van der Waals surface area contributed by atoms with Gasteiger partial charge in [0.05, 0.1) is 0 Å². The first-order valence-electron chi connectivity index (χ1n) is 6.00. The van der Waals surface area contributed by atoms with Gasteiger partial charge in [-0.25, -0.2) is 9.97 Å². The van der Waals surface area contributed by atoms with E-state index in [9.17, 15) is 4.79 Å². The summed E-state index contributed by atoms with van der Waals surface area (Å²) in [4.78, 5) is 22.0. The van der Waals surface area contributed by atoms with Gasteiger partial charge in [-0.3, -0.25) is 4.79 Å². The molecule has 1 aromatic rings. The zero-order chi connectivity index (χ0) is 13.1. The number of hydrogen-bond acceptors (Lipinski definition) is 5. The highest BCUT2D eigenvalue weighted by molar-refractivity contribution is 7.99. The van der Waals surface area contributed by atoms with Crippen molar-refractivity contribution in [1.29, 1.82) is 0 Å². The van der Waals surface area contributed by atoms with Gasteiger partial charge in [0.25, 0.3) is 5.91 Å². The van der Waals surface area contributed by atoms with Gasteiger partial charge < -0.3 is 10.6 Å². The zero-order valence-corrected chi connectivity index (χ0v) is 11.5. The van der Waals surface area contributed by atoms with Crippen molar-refractivity contribution in [2.45, 2.75) is 30.6 Å². The van der Waals surface area contributed by atoms with Gasteiger partial charge in [-0.1, -0.05) is 0 Å². The van der Waals surface area contributed by atoms with E-state index in [2.05, 4.69) is 16.2 Å². The van der Waals surface area contributed by atoms with Gasteiger partial charge in [-0.15, -0.1) is 0 Å². The molecule has 2 rings (SSSR count). The predicted octanol–water partition coefficient (Wildman–Crippen LogP) is 1.41. The van der Waals surface area contributed by atoms with E-state index in [0.717, 1.165) is 12.8 Å². The average Bonchev–Trinajstić information content (AvgIpc) is 2.86. The number of nitrogens with zero attached hydrogens (tertiary/aromatic N) is 3. The van der Waals surface area contributed by atoms with E-state index in [1.165, 1.54) is 18.8 Å². The molecule has 2 atom stereocenters. The van der Waals surface area contributed by atoms with Crippen LogP contribution in [0.3, 0.4) is 0 Å². The van der Waals surface area contributed by atoms with Crippen LogP contribution in [0.25, 0.3) is 0 Å². The molecule has 0 aliphatic heterocycles. The van der Waals surface area contributed by atoms with Crippen molar-refractivity contribution >= 4 is 23.5 Å².